The summed E-state index contributed by atoms with van der Waals surface area (Å²) in [6.07, 6.45) is 0.0534. The summed E-state index contributed by atoms with van der Waals surface area (Å²) >= 11 is 0. The molecule has 0 bridgehead atoms. The van der Waals surface area contributed by atoms with Gasteiger partial charge in [-0.2, -0.15) is 0 Å². The number of hydrogen-bond acceptors (Lipinski definition) is 5. The molecule has 0 atom stereocenters. The van der Waals surface area contributed by atoms with E-state index in [9.17, 15) is 21.6 Å². The third-order valence-corrected chi connectivity index (χ3v) is 6.33. The molecule has 0 spiro atoms. The molecular formula is C12H12O6S2. The summed E-state index contributed by atoms with van der Waals surface area (Å²) in [5, 5.41) is 9.56. The van der Waals surface area contributed by atoms with Crippen LogP contribution < -0.4 is 0 Å². The maximum atomic E-state index is 12.1. The van der Waals surface area contributed by atoms with Crippen LogP contribution in [0.15, 0.2) is 29.7 Å². The first-order valence-electron chi connectivity index (χ1n) is 5.72. The van der Waals surface area contributed by atoms with Crippen LogP contribution in [0, 0.1) is 0 Å². The first-order valence-corrected chi connectivity index (χ1v) is 9.09. The van der Waals surface area contributed by atoms with E-state index >= 15 is 0 Å². The minimum Gasteiger partial charge on any atom is -0.478 e. The van der Waals surface area contributed by atoms with Crippen molar-refractivity contribution in [1.29, 1.82) is 0 Å². The van der Waals surface area contributed by atoms with E-state index in [1.807, 2.05) is 0 Å². The van der Waals surface area contributed by atoms with Crippen molar-refractivity contribution in [3.63, 3.8) is 0 Å². The zero-order valence-corrected chi connectivity index (χ0v) is 11.9. The molecule has 0 fully saturated rings. The maximum absolute atomic E-state index is 12.1. The third-order valence-electron chi connectivity index (χ3n) is 2.88. The number of carbonyl (C=O) groups is 1. The largest absolute Gasteiger partial charge is 0.478 e. The molecule has 0 aliphatic carbocycles. The Hall–Kier alpha value is -1.67. The monoisotopic (exact) mass is 316 g/mol. The molecule has 1 heterocycles. The Morgan fingerprint density at radius 3 is 2.15 bits per heavy atom. The van der Waals surface area contributed by atoms with E-state index in [4.69, 9.17) is 5.11 Å². The predicted octanol–water partition coefficient (Wildman–Crippen LogP) is 0.917. The van der Waals surface area contributed by atoms with E-state index in [2.05, 4.69) is 0 Å². The first kappa shape index (κ1) is 14.7. The molecule has 1 aromatic carbocycles. The summed E-state index contributed by atoms with van der Waals surface area (Å²) in [6.45, 7) is 0. The fourth-order valence-electron chi connectivity index (χ4n) is 1.88. The highest BCUT2D eigenvalue weighted by atomic mass is 32.2. The molecule has 0 unspecified atom stereocenters. The molecule has 0 aromatic heterocycles. The van der Waals surface area contributed by atoms with E-state index in [1.165, 1.54) is 24.3 Å². The average Bonchev–Trinajstić information content (AvgIpc) is 2.45. The van der Waals surface area contributed by atoms with Gasteiger partial charge in [0, 0.05) is 5.41 Å². The normalized spacial score (nSPS) is 20.7. The summed E-state index contributed by atoms with van der Waals surface area (Å²) in [7, 11) is -7.25. The Labute approximate surface area is 116 Å². The van der Waals surface area contributed by atoms with Crippen molar-refractivity contribution >= 4 is 30.5 Å². The SMILES string of the molecule is O=C(O)c1ccc(C2=CS(=O)(=O)CCCS2(=O)=O)cc1. The van der Waals surface area contributed by atoms with Crippen LogP contribution in [-0.4, -0.2) is 39.4 Å². The highest BCUT2D eigenvalue weighted by Gasteiger charge is 2.27. The molecule has 8 heteroatoms. The predicted molar refractivity (Wildman–Crippen MR) is 73.6 cm³/mol. The Kier molecular flexibility index (Phi) is 3.70. The van der Waals surface area contributed by atoms with Gasteiger partial charge in [0.1, 0.15) is 0 Å². The molecule has 20 heavy (non-hydrogen) atoms. The number of carboxylic acid groups (broad SMARTS) is 1. The van der Waals surface area contributed by atoms with Crippen molar-refractivity contribution in [2.24, 2.45) is 0 Å². The van der Waals surface area contributed by atoms with E-state index in [0.29, 0.717) is 0 Å². The van der Waals surface area contributed by atoms with Gasteiger partial charge in [0.15, 0.2) is 19.7 Å². The van der Waals surface area contributed by atoms with Gasteiger partial charge < -0.3 is 5.11 Å². The topological polar surface area (TPSA) is 106 Å². The molecule has 0 saturated carbocycles. The van der Waals surface area contributed by atoms with E-state index in [1.54, 1.807) is 0 Å². The third kappa shape index (κ3) is 3.07. The van der Waals surface area contributed by atoms with Crippen molar-refractivity contribution in [3.8, 4) is 0 Å². The fraction of sp³-hybridized carbons (Fsp3) is 0.250. The Morgan fingerprint density at radius 2 is 1.60 bits per heavy atom. The minimum absolute atomic E-state index is 0.00299. The lowest BCUT2D eigenvalue weighted by atomic mass is 10.1. The van der Waals surface area contributed by atoms with Crippen LogP contribution in [0.5, 0.6) is 0 Å². The van der Waals surface area contributed by atoms with Crippen molar-refractivity contribution in [2.45, 2.75) is 6.42 Å². The van der Waals surface area contributed by atoms with Crippen molar-refractivity contribution in [2.75, 3.05) is 11.5 Å². The molecule has 1 aromatic rings. The maximum Gasteiger partial charge on any atom is 0.335 e. The number of rotatable bonds is 2. The Bertz CT molecular complexity index is 770. The van der Waals surface area contributed by atoms with Crippen molar-refractivity contribution < 1.29 is 26.7 Å². The second kappa shape index (κ2) is 5.02. The van der Waals surface area contributed by atoms with Gasteiger partial charge in [-0.3, -0.25) is 0 Å². The number of aromatic carboxylic acids is 1. The summed E-state index contributed by atoms with van der Waals surface area (Å²) in [5.41, 5.74) is 0.184. The standard InChI is InChI=1S/C12H12O6S2/c13-12(14)10-4-2-9(3-5-10)11-8-19(15,16)6-1-7-20(11,17)18/h2-5,8H,1,6-7H2,(H,13,14). The second-order valence-electron chi connectivity index (χ2n) is 4.40. The van der Waals surface area contributed by atoms with Crippen molar-refractivity contribution in [1.82, 2.24) is 0 Å². The molecular weight excluding hydrogens is 304 g/mol. The highest BCUT2D eigenvalue weighted by molar-refractivity contribution is 8.03. The van der Waals surface area contributed by atoms with Gasteiger partial charge in [-0.1, -0.05) is 12.1 Å². The molecule has 0 amide bonds. The molecule has 108 valence electrons. The van der Waals surface area contributed by atoms with Crippen LogP contribution in [0.25, 0.3) is 4.91 Å². The first-order chi connectivity index (χ1) is 9.21. The van der Waals surface area contributed by atoms with E-state index < -0.39 is 25.6 Å². The number of benzene rings is 1. The van der Waals surface area contributed by atoms with Gasteiger partial charge in [0.05, 0.1) is 22.0 Å². The van der Waals surface area contributed by atoms with Gasteiger partial charge in [-0.05, 0) is 24.1 Å². The molecule has 0 saturated heterocycles. The summed E-state index contributed by atoms with van der Waals surface area (Å²) < 4.78 is 47.5. The smallest absolute Gasteiger partial charge is 0.335 e. The van der Waals surface area contributed by atoms with Crippen LogP contribution >= 0.6 is 0 Å². The van der Waals surface area contributed by atoms with E-state index in [0.717, 1.165) is 5.41 Å². The Balaban J connectivity index is 2.57. The van der Waals surface area contributed by atoms with Gasteiger partial charge in [0.25, 0.3) is 0 Å². The molecule has 1 aliphatic heterocycles. The summed E-state index contributed by atoms with van der Waals surface area (Å²) in [5.74, 6) is -1.58. The van der Waals surface area contributed by atoms with Gasteiger partial charge in [-0.25, -0.2) is 21.6 Å². The number of sulfone groups is 2. The lowest BCUT2D eigenvalue weighted by Gasteiger charge is -2.06. The molecule has 0 radical (unpaired) electrons. The van der Waals surface area contributed by atoms with Gasteiger partial charge in [-0.15, -0.1) is 0 Å². The van der Waals surface area contributed by atoms with Crippen LogP contribution in [0.2, 0.25) is 0 Å². The van der Waals surface area contributed by atoms with Crippen LogP contribution in [0.3, 0.4) is 0 Å². The summed E-state index contributed by atoms with van der Waals surface area (Å²) in [4.78, 5) is 10.5. The fourth-order valence-corrected chi connectivity index (χ4v) is 5.46. The molecule has 6 nitrogen and oxygen atoms in total. The highest BCUT2D eigenvalue weighted by Crippen LogP contribution is 2.27. The summed E-state index contributed by atoms with van der Waals surface area (Å²) in [6, 6.07) is 5.08. The van der Waals surface area contributed by atoms with E-state index in [-0.39, 0.29) is 34.0 Å². The van der Waals surface area contributed by atoms with Crippen LogP contribution in [-0.2, 0) is 19.7 Å². The van der Waals surface area contributed by atoms with Gasteiger partial charge in [0.2, 0.25) is 0 Å². The zero-order chi connectivity index (χ0) is 15.0. The van der Waals surface area contributed by atoms with Crippen molar-refractivity contribution in [3.05, 3.63) is 40.8 Å². The lowest BCUT2D eigenvalue weighted by Crippen LogP contribution is -2.07. The van der Waals surface area contributed by atoms with Gasteiger partial charge >= 0.3 is 5.97 Å². The Morgan fingerprint density at radius 1 is 1.00 bits per heavy atom. The average molecular weight is 316 g/mol. The molecule has 1 aliphatic rings. The molecule has 2 rings (SSSR count). The number of carboxylic acids is 1. The second-order valence-corrected chi connectivity index (χ2v) is 8.45. The quantitative estimate of drug-likeness (QED) is 0.869. The van der Waals surface area contributed by atoms with Crippen LogP contribution in [0.4, 0.5) is 0 Å². The van der Waals surface area contributed by atoms with Crippen LogP contribution in [0.1, 0.15) is 22.3 Å². The zero-order valence-electron chi connectivity index (χ0n) is 10.3. The minimum atomic E-state index is -3.68. The molecule has 1 N–H and O–H groups in total. The number of hydrogen-bond donors (Lipinski definition) is 1. The lowest BCUT2D eigenvalue weighted by molar-refractivity contribution is 0.0697.